The third kappa shape index (κ3) is 3.90. The summed E-state index contributed by atoms with van der Waals surface area (Å²) in [6.07, 6.45) is 5.99. The lowest BCUT2D eigenvalue weighted by molar-refractivity contribution is -0.149. The van der Waals surface area contributed by atoms with Gasteiger partial charge < -0.3 is 11.1 Å². The van der Waals surface area contributed by atoms with Gasteiger partial charge in [-0.05, 0) is 80.8 Å². The van der Waals surface area contributed by atoms with E-state index >= 15 is 0 Å². The molecule has 180 valence electrons. The van der Waals surface area contributed by atoms with Crippen LogP contribution in [-0.2, 0) is 24.0 Å². The molecule has 0 radical (unpaired) electrons. The van der Waals surface area contributed by atoms with E-state index in [2.05, 4.69) is 32.6 Å². The monoisotopic (exact) mass is 605 g/mol. The molecule has 33 heavy (non-hydrogen) atoms. The number of halogens is 2. The normalized spacial score (nSPS) is 34.0. The molecule has 10 heteroatoms. The number of alkyl halides is 1. The van der Waals surface area contributed by atoms with Crippen molar-refractivity contribution >= 4 is 56.0 Å². The maximum Gasteiger partial charge on any atom is 0.243 e. The van der Waals surface area contributed by atoms with Gasteiger partial charge in [0, 0.05) is 15.9 Å². The number of carbonyl (C=O) groups is 2. The Morgan fingerprint density at radius 2 is 1.82 bits per heavy atom. The summed E-state index contributed by atoms with van der Waals surface area (Å²) in [5, 5.41) is 3.42. The number of hydrogen-bond acceptors (Lipinski definition) is 4. The number of amides is 2. The number of carbonyl (C=O) groups excluding carboxylic acids is 2. The Labute approximate surface area is 213 Å². The summed E-state index contributed by atoms with van der Waals surface area (Å²) in [6.45, 7) is 0. The van der Waals surface area contributed by atoms with Gasteiger partial charge in [0.2, 0.25) is 21.8 Å². The number of sulfonamides is 1. The fourth-order valence-electron chi connectivity index (χ4n) is 6.94. The van der Waals surface area contributed by atoms with E-state index in [4.69, 9.17) is 17.3 Å². The maximum absolute atomic E-state index is 13.5. The summed E-state index contributed by atoms with van der Waals surface area (Å²) in [6, 6.07) is 4.91. The zero-order valence-electron chi connectivity index (χ0n) is 18.3. The summed E-state index contributed by atoms with van der Waals surface area (Å²) >= 11 is 8.52. The van der Waals surface area contributed by atoms with Gasteiger partial charge in [-0.2, -0.15) is 4.72 Å². The van der Waals surface area contributed by atoms with Crippen LogP contribution in [0.1, 0.15) is 56.9 Å². The quantitative estimate of drug-likeness (QED) is 0.327. The summed E-state index contributed by atoms with van der Waals surface area (Å²) < 4.78 is 29.8. The first-order chi connectivity index (χ1) is 15.6. The lowest BCUT2D eigenvalue weighted by Gasteiger charge is -2.59. The highest BCUT2D eigenvalue weighted by atomic mass is 127. The molecule has 0 heterocycles. The molecule has 5 saturated carbocycles. The molecule has 2 unspecified atom stereocenters. The Morgan fingerprint density at radius 3 is 2.36 bits per heavy atom. The van der Waals surface area contributed by atoms with Gasteiger partial charge in [-0.3, -0.25) is 9.59 Å². The van der Waals surface area contributed by atoms with Crippen LogP contribution in [0.3, 0.4) is 0 Å². The van der Waals surface area contributed by atoms with Crippen molar-refractivity contribution in [2.75, 3.05) is 0 Å². The minimum absolute atomic E-state index is 0.00966. The van der Waals surface area contributed by atoms with Crippen LogP contribution in [0, 0.1) is 23.2 Å². The van der Waals surface area contributed by atoms with E-state index in [1.54, 1.807) is 12.1 Å². The smallest absolute Gasteiger partial charge is 0.243 e. The molecule has 6 rings (SSSR count). The van der Waals surface area contributed by atoms with Crippen LogP contribution >= 0.6 is 34.2 Å². The van der Waals surface area contributed by atoms with Gasteiger partial charge in [-0.25, -0.2) is 8.42 Å². The van der Waals surface area contributed by atoms with E-state index in [0.29, 0.717) is 23.2 Å². The van der Waals surface area contributed by atoms with Gasteiger partial charge in [-0.15, -0.1) is 0 Å². The molecule has 2 atom stereocenters. The second-order valence-corrected chi connectivity index (χ2v) is 13.3. The van der Waals surface area contributed by atoms with E-state index in [1.807, 2.05) is 0 Å². The number of rotatable bonds is 7. The van der Waals surface area contributed by atoms with E-state index < -0.39 is 21.0 Å². The van der Waals surface area contributed by atoms with Crippen LogP contribution in [-0.4, -0.2) is 31.8 Å². The van der Waals surface area contributed by atoms with E-state index in [-0.39, 0.29) is 39.6 Å². The van der Waals surface area contributed by atoms with Gasteiger partial charge in [0.25, 0.3) is 0 Å². The van der Waals surface area contributed by atoms with E-state index in [1.165, 1.54) is 6.07 Å². The fourth-order valence-corrected chi connectivity index (χ4v) is 9.84. The Morgan fingerprint density at radius 1 is 1.15 bits per heavy atom. The standard InChI is InChI=1S/C23H29ClIN3O4S/c24-18-14(12-25)3-1-4-17(18)33(31,32)28-23(5-2-6-23)21(30)27-19-15-7-13-8-16(19)11-22(9-13,10-15)20(26)29/h1,3-4,13,15-16,19,28H,2,5-12H2,(H2,26,29)(H,27,30). The summed E-state index contributed by atoms with van der Waals surface area (Å²) in [7, 11) is -3.98. The van der Waals surface area contributed by atoms with Crippen molar-refractivity contribution in [2.45, 2.75) is 72.3 Å². The van der Waals surface area contributed by atoms with E-state index in [9.17, 15) is 18.0 Å². The Balaban J connectivity index is 1.35. The van der Waals surface area contributed by atoms with Gasteiger partial charge >= 0.3 is 0 Å². The van der Waals surface area contributed by atoms with Crippen LogP contribution < -0.4 is 15.8 Å². The molecule has 0 saturated heterocycles. The van der Waals surface area contributed by atoms with Crippen molar-refractivity contribution in [2.24, 2.45) is 28.9 Å². The van der Waals surface area contributed by atoms with Crippen molar-refractivity contribution in [1.29, 1.82) is 0 Å². The first-order valence-electron chi connectivity index (χ1n) is 11.6. The summed E-state index contributed by atoms with van der Waals surface area (Å²) in [5.74, 6) is 0.462. The molecule has 0 aromatic heterocycles. The fraction of sp³-hybridized carbons (Fsp3) is 0.652. The predicted molar refractivity (Wildman–Crippen MR) is 133 cm³/mol. The molecule has 5 fully saturated rings. The molecule has 1 aromatic carbocycles. The number of nitrogens with one attached hydrogen (secondary N) is 2. The second kappa shape index (κ2) is 8.34. The van der Waals surface area contributed by atoms with Crippen molar-refractivity contribution in [1.82, 2.24) is 10.0 Å². The zero-order valence-corrected chi connectivity index (χ0v) is 22.0. The Bertz CT molecular complexity index is 1090. The van der Waals surface area contributed by atoms with Gasteiger partial charge in [0.05, 0.1) is 5.02 Å². The van der Waals surface area contributed by atoms with Crippen LogP contribution in [0.25, 0.3) is 0 Å². The lowest BCUT2D eigenvalue weighted by atomic mass is 9.47. The molecule has 4 bridgehead atoms. The largest absolute Gasteiger partial charge is 0.369 e. The van der Waals surface area contributed by atoms with Crippen molar-refractivity contribution < 1.29 is 18.0 Å². The summed E-state index contributed by atoms with van der Waals surface area (Å²) in [4.78, 5) is 25.7. The molecule has 5 aliphatic carbocycles. The van der Waals surface area contributed by atoms with Crippen LogP contribution in [0.4, 0.5) is 0 Å². The highest BCUT2D eigenvalue weighted by molar-refractivity contribution is 14.1. The van der Waals surface area contributed by atoms with Gasteiger partial charge in [0.15, 0.2) is 0 Å². The second-order valence-electron chi connectivity index (χ2n) is 10.5. The maximum atomic E-state index is 13.5. The zero-order chi connectivity index (χ0) is 23.6. The third-order valence-corrected chi connectivity index (χ3v) is 11.5. The molecule has 0 aliphatic heterocycles. The third-order valence-electron chi connectivity index (χ3n) is 8.54. The SMILES string of the molecule is NC(=O)C12CC3CC(C1)C(NC(=O)C1(NS(=O)(=O)c4cccc(CI)c4Cl)CCC1)C(C3)C2. The Kier molecular flexibility index (Phi) is 6.02. The average molecular weight is 606 g/mol. The highest BCUT2D eigenvalue weighted by Crippen LogP contribution is 2.60. The van der Waals surface area contributed by atoms with E-state index in [0.717, 1.165) is 44.1 Å². The van der Waals surface area contributed by atoms with Crippen LogP contribution in [0.5, 0.6) is 0 Å². The Hall–Kier alpha value is -0.910. The van der Waals surface area contributed by atoms with Gasteiger partial charge in [0.1, 0.15) is 10.4 Å². The molecule has 4 N–H and O–H groups in total. The molecular formula is C23H29ClIN3O4S. The first kappa shape index (κ1) is 23.8. The lowest BCUT2D eigenvalue weighted by Crippen LogP contribution is -2.68. The number of primary amides is 1. The minimum Gasteiger partial charge on any atom is -0.369 e. The van der Waals surface area contributed by atoms with Crippen molar-refractivity contribution in [3.63, 3.8) is 0 Å². The number of nitrogens with two attached hydrogens (primary N) is 1. The number of hydrogen-bond donors (Lipinski definition) is 3. The topological polar surface area (TPSA) is 118 Å². The molecular weight excluding hydrogens is 577 g/mol. The van der Waals surface area contributed by atoms with Gasteiger partial charge in [-0.1, -0.05) is 46.3 Å². The number of benzene rings is 1. The average Bonchev–Trinajstić information content (AvgIpc) is 2.72. The van der Waals surface area contributed by atoms with Crippen molar-refractivity contribution in [3.05, 3.63) is 28.8 Å². The van der Waals surface area contributed by atoms with Crippen LogP contribution in [0.2, 0.25) is 5.02 Å². The summed E-state index contributed by atoms with van der Waals surface area (Å²) in [5.41, 5.74) is 4.94. The first-order valence-corrected chi connectivity index (χ1v) is 15.0. The molecule has 0 spiro atoms. The molecule has 1 aromatic rings. The highest BCUT2D eigenvalue weighted by Gasteiger charge is 2.59. The van der Waals surface area contributed by atoms with Crippen molar-refractivity contribution in [3.8, 4) is 0 Å². The van der Waals surface area contributed by atoms with Crippen LogP contribution in [0.15, 0.2) is 23.1 Å². The minimum atomic E-state index is -3.98. The molecule has 2 amide bonds. The molecule has 7 nitrogen and oxygen atoms in total. The molecule has 5 aliphatic rings. The predicted octanol–water partition coefficient (Wildman–Crippen LogP) is 3.27.